The Kier molecular flexibility index (Phi) is 3.35. The molecule has 0 fully saturated rings. The van der Waals surface area contributed by atoms with Gasteiger partial charge in [0.15, 0.2) is 6.29 Å². The number of aldehydes is 1. The van der Waals surface area contributed by atoms with E-state index in [-0.39, 0.29) is 17.4 Å². The summed E-state index contributed by atoms with van der Waals surface area (Å²) in [5, 5.41) is 19.1. The summed E-state index contributed by atoms with van der Waals surface area (Å²) in [7, 11) is 0. The van der Waals surface area contributed by atoms with E-state index >= 15 is 0 Å². The molecule has 3 heteroatoms. The van der Waals surface area contributed by atoms with Crippen LogP contribution in [0.4, 0.5) is 0 Å². The third-order valence-corrected chi connectivity index (χ3v) is 2.85. The Morgan fingerprint density at radius 3 is 2.47 bits per heavy atom. The molecule has 15 heavy (non-hydrogen) atoms. The van der Waals surface area contributed by atoms with E-state index < -0.39 is 0 Å². The van der Waals surface area contributed by atoms with Crippen LogP contribution in [0.2, 0.25) is 0 Å². The molecule has 0 aliphatic rings. The van der Waals surface area contributed by atoms with Crippen LogP contribution in [0.5, 0.6) is 11.5 Å². The summed E-state index contributed by atoms with van der Waals surface area (Å²) in [4.78, 5) is 10.9. The van der Waals surface area contributed by atoms with Gasteiger partial charge in [-0.1, -0.05) is 13.8 Å². The average molecular weight is 208 g/mol. The number of rotatable bonds is 3. The van der Waals surface area contributed by atoms with Gasteiger partial charge in [0, 0.05) is 6.07 Å². The molecule has 0 heterocycles. The quantitative estimate of drug-likeness (QED) is 0.751. The topological polar surface area (TPSA) is 57.5 Å². The van der Waals surface area contributed by atoms with Gasteiger partial charge in [-0.05, 0) is 30.4 Å². The fourth-order valence-corrected chi connectivity index (χ4v) is 1.76. The highest BCUT2D eigenvalue weighted by Crippen LogP contribution is 2.36. The second kappa shape index (κ2) is 4.34. The highest BCUT2D eigenvalue weighted by molar-refractivity contribution is 5.83. The third kappa shape index (κ3) is 1.96. The van der Waals surface area contributed by atoms with Gasteiger partial charge in [-0.2, -0.15) is 0 Å². The zero-order valence-corrected chi connectivity index (χ0v) is 9.24. The molecule has 0 amide bonds. The fourth-order valence-electron chi connectivity index (χ4n) is 1.76. The lowest BCUT2D eigenvalue weighted by molar-refractivity contribution is 0.111. The second-order valence-corrected chi connectivity index (χ2v) is 3.79. The number of benzene rings is 1. The highest BCUT2D eigenvalue weighted by atomic mass is 16.3. The fraction of sp³-hybridized carbons (Fsp3) is 0.417. The first-order valence-electron chi connectivity index (χ1n) is 5.03. The Balaban J connectivity index is 3.50. The Labute approximate surface area is 89.4 Å². The van der Waals surface area contributed by atoms with Gasteiger partial charge >= 0.3 is 0 Å². The summed E-state index contributed by atoms with van der Waals surface area (Å²) in [5.74, 6) is 0.0278. The van der Waals surface area contributed by atoms with E-state index in [1.54, 1.807) is 6.92 Å². The average Bonchev–Trinajstić information content (AvgIpc) is 2.21. The first-order valence-corrected chi connectivity index (χ1v) is 5.03. The predicted octanol–water partition coefficient (Wildman–Crippen LogP) is 2.73. The van der Waals surface area contributed by atoms with Crippen molar-refractivity contribution in [2.75, 3.05) is 0 Å². The highest BCUT2D eigenvalue weighted by Gasteiger charge is 2.18. The third-order valence-electron chi connectivity index (χ3n) is 2.85. The number of aromatic hydroxyl groups is 2. The number of carbonyl (C=O) groups is 1. The minimum atomic E-state index is -0.150. The number of phenols is 2. The smallest absolute Gasteiger partial charge is 0.154 e. The summed E-state index contributed by atoms with van der Waals surface area (Å²) in [6, 6.07) is 1.21. The number of hydrogen-bond acceptors (Lipinski definition) is 3. The number of carbonyl (C=O) groups excluding carboxylic acids is 1. The molecule has 1 unspecified atom stereocenters. The molecule has 2 N–H and O–H groups in total. The standard InChI is InChI=1S/C12H16O3/c1-4-7(2)12-8(3)10(14)5-11(15)9(12)6-13/h5-7,14-15H,4H2,1-3H3. The molecule has 0 saturated heterocycles. The zero-order valence-electron chi connectivity index (χ0n) is 9.24. The molecule has 0 radical (unpaired) electrons. The van der Waals surface area contributed by atoms with Gasteiger partial charge in [0.25, 0.3) is 0 Å². The molecule has 1 aromatic rings. The van der Waals surface area contributed by atoms with E-state index in [9.17, 15) is 15.0 Å². The van der Waals surface area contributed by atoms with Gasteiger partial charge < -0.3 is 10.2 Å². The minimum absolute atomic E-state index is 0.0356. The van der Waals surface area contributed by atoms with Crippen LogP contribution in [-0.4, -0.2) is 16.5 Å². The van der Waals surface area contributed by atoms with Crippen LogP contribution in [0.3, 0.4) is 0 Å². The second-order valence-electron chi connectivity index (χ2n) is 3.79. The van der Waals surface area contributed by atoms with Crippen molar-refractivity contribution >= 4 is 6.29 Å². The maximum Gasteiger partial charge on any atom is 0.154 e. The lowest BCUT2D eigenvalue weighted by Crippen LogP contribution is -2.01. The van der Waals surface area contributed by atoms with E-state index in [2.05, 4.69) is 0 Å². The molecule has 0 spiro atoms. The summed E-state index contributed by atoms with van der Waals surface area (Å²) < 4.78 is 0. The molecule has 0 saturated carbocycles. The van der Waals surface area contributed by atoms with Gasteiger partial charge in [0.2, 0.25) is 0 Å². The summed E-state index contributed by atoms with van der Waals surface area (Å²) in [6.45, 7) is 5.72. The molecule has 0 aromatic heterocycles. The van der Waals surface area contributed by atoms with Crippen molar-refractivity contribution < 1.29 is 15.0 Å². The van der Waals surface area contributed by atoms with Crippen molar-refractivity contribution in [3.05, 3.63) is 22.8 Å². The molecular formula is C12H16O3. The Hall–Kier alpha value is -1.51. The van der Waals surface area contributed by atoms with Crippen LogP contribution < -0.4 is 0 Å². The van der Waals surface area contributed by atoms with Crippen LogP contribution in [0.1, 0.15) is 47.7 Å². The monoisotopic (exact) mass is 208 g/mol. The van der Waals surface area contributed by atoms with Crippen LogP contribution >= 0.6 is 0 Å². The van der Waals surface area contributed by atoms with Crippen molar-refractivity contribution in [3.63, 3.8) is 0 Å². The predicted molar refractivity (Wildman–Crippen MR) is 58.6 cm³/mol. The van der Waals surface area contributed by atoms with E-state index in [1.165, 1.54) is 6.07 Å². The lowest BCUT2D eigenvalue weighted by Gasteiger charge is -2.17. The van der Waals surface area contributed by atoms with Crippen molar-refractivity contribution in [1.82, 2.24) is 0 Å². The van der Waals surface area contributed by atoms with E-state index in [0.29, 0.717) is 17.4 Å². The van der Waals surface area contributed by atoms with E-state index in [4.69, 9.17) is 0 Å². The number of phenolic OH excluding ortho intramolecular Hbond substituents is 2. The van der Waals surface area contributed by atoms with Crippen LogP contribution in [-0.2, 0) is 0 Å². The summed E-state index contributed by atoms with van der Waals surface area (Å²) in [6.07, 6.45) is 1.49. The molecule has 0 aliphatic carbocycles. The van der Waals surface area contributed by atoms with Crippen molar-refractivity contribution in [2.24, 2.45) is 0 Å². The molecule has 1 rings (SSSR count). The van der Waals surface area contributed by atoms with Gasteiger partial charge in [0.1, 0.15) is 11.5 Å². The summed E-state index contributed by atoms with van der Waals surface area (Å²) in [5.41, 5.74) is 1.70. The van der Waals surface area contributed by atoms with Crippen LogP contribution in [0.15, 0.2) is 6.07 Å². The molecule has 0 aliphatic heterocycles. The Bertz CT molecular complexity index is 383. The van der Waals surface area contributed by atoms with Crippen molar-refractivity contribution in [2.45, 2.75) is 33.1 Å². The molecular weight excluding hydrogens is 192 g/mol. The number of hydrogen-bond donors (Lipinski definition) is 2. The zero-order chi connectivity index (χ0) is 11.6. The molecule has 3 nitrogen and oxygen atoms in total. The summed E-state index contributed by atoms with van der Waals surface area (Å²) >= 11 is 0. The van der Waals surface area contributed by atoms with Gasteiger partial charge in [-0.15, -0.1) is 0 Å². The lowest BCUT2D eigenvalue weighted by atomic mass is 9.89. The Morgan fingerprint density at radius 2 is 2.00 bits per heavy atom. The maximum absolute atomic E-state index is 10.9. The Morgan fingerprint density at radius 1 is 1.40 bits per heavy atom. The molecule has 1 atom stereocenters. The maximum atomic E-state index is 10.9. The molecule has 1 aromatic carbocycles. The minimum Gasteiger partial charge on any atom is -0.508 e. The van der Waals surface area contributed by atoms with Gasteiger partial charge in [-0.3, -0.25) is 4.79 Å². The SMILES string of the molecule is CCC(C)c1c(C)c(O)cc(O)c1C=O. The van der Waals surface area contributed by atoms with Crippen LogP contribution in [0.25, 0.3) is 0 Å². The first-order chi connectivity index (χ1) is 7.02. The normalized spacial score (nSPS) is 12.5. The van der Waals surface area contributed by atoms with Gasteiger partial charge in [0.05, 0.1) is 5.56 Å². The van der Waals surface area contributed by atoms with Crippen molar-refractivity contribution in [3.8, 4) is 11.5 Å². The van der Waals surface area contributed by atoms with E-state index in [1.807, 2.05) is 13.8 Å². The van der Waals surface area contributed by atoms with Crippen LogP contribution in [0, 0.1) is 6.92 Å². The molecule has 82 valence electrons. The van der Waals surface area contributed by atoms with Crippen molar-refractivity contribution in [1.29, 1.82) is 0 Å². The largest absolute Gasteiger partial charge is 0.508 e. The van der Waals surface area contributed by atoms with E-state index in [0.717, 1.165) is 12.0 Å². The molecule has 0 bridgehead atoms. The first kappa shape index (κ1) is 11.6. The van der Waals surface area contributed by atoms with Gasteiger partial charge in [-0.25, -0.2) is 0 Å².